The number of benzene rings is 1. The van der Waals surface area contributed by atoms with Crippen molar-refractivity contribution in [1.82, 2.24) is 9.62 Å². The van der Waals surface area contributed by atoms with E-state index in [4.69, 9.17) is 0 Å². The lowest BCUT2D eigenvalue weighted by Crippen LogP contribution is -2.38. The number of nitrogens with zero attached hydrogens (tertiary/aromatic N) is 2. The molecule has 0 aromatic heterocycles. The molecule has 21 heavy (non-hydrogen) atoms. The maximum atomic E-state index is 12.7. The number of nitro benzene ring substituents is 1. The lowest BCUT2D eigenvalue weighted by molar-refractivity contribution is -0.385. The quantitative estimate of drug-likeness (QED) is 0.650. The molecule has 1 atom stereocenters. The molecular weight excluding hydrogens is 294 g/mol. The standard InChI is InChI=1S/C13H19N3O4S/c1-3-10-4-5-11(16(17)18)8-13(10)21(19,20)15(2)12-6-7-14-9-12/h4-5,8,12,14H,3,6-7,9H2,1-2H3. The molecule has 2 rings (SSSR count). The molecule has 7 nitrogen and oxygen atoms in total. The number of aryl methyl sites for hydroxylation is 1. The highest BCUT2D eigenvalue weighted by Gasteiger charge is 2.32. The van der Waals surface area contributed by atoms with E-state index in [1.54, 1.807) is 0 Å². The lowest BCUT2D eigenvalue weighted by Gasteiger charge is -2.24. The molecule has 0 saturated carbocycles. The van der Waals surface area contributed by atoms with E-state index in [-0.39, 0.29) is 16.6 Å². The van der Waals surface area contributed by atoms with Gasteiger partial charge in [-0.15, -0.1) is 0 Å². The van der Waals surface area contributed by atoms with Gasteiger partial charge in [0.25, 0.3) is 5.69 Å². The van der Waals surface area contributed by atoms with Crippen LogP contribution in [0, 0.1) is 10.1 Å². The van der Waals surface area contributed by atoms with Crippen LogP contribution in [0.25, 0.3) is 0 Å². The fourth-order valence-corrected chi connectivity index (χ4v) is 4.19. The van der Waals surface area contributed by atoms with Gasteiger partial charge in [0.15, 0.2) is 0 Å². The summed E-state index contributed by atoms with van der Waals surface area (Å²) in [7, 11) is -2.20. The minimum absolute atomic E-state index is 0.0357. The highest BCUT2D eigenvalue weighted by Crippen LogP contribution is 2.27. The summed E-state index contributed by atoms with van der Waals surface area (Å²) in [6.07, 6.45) is 1.25. The molecule has 1 heterocycles. The zero-order valence-corrected chi connectivity index (χ0v) is 12.9. The van der Waals surface area contributed by atoms with Gasteiger partial charge in [-0.05, 0) is 24.9 Å². The normalized spacial score (nSPS) is 19.1. The van der Waals surface area contributed by atoms with Crippen molar-refractivity contribution in [2.24, 2.45) is 0 Å². The molecule has 1 N–H and O–H groups in total. The van der Waals surface area contributed by atoms with Gasteiger partial charge in [0.2, 0.25) is 10.0 Å². The fourth-order valence-electron chi connectivity index (χ4n) is 2.49. The van der Waals surface area contributed by atoms with E-state index in [2.05, 4.69) is 5.32 Å². The van der Waals surface area contributed by atoms with Crippen LogP contribution < -0.4 is 5.32 Å². The zero-order valence-electron chi connectivity index (χ0n) is 12.1. The molecule has 0 radical (unpaired) electrons. The average molecular weight is 313 g/mol. The van der Waals surface area contributed by atoms with Crippen LogP contribution in [-0.4, -0.2) is 43.8 Å². The first-order chi connectivity index (χ1) is 9.87. The SMILES string of the molecule is CCc1ccc([N+](=O)[O-])cc1S(=O)(=O)N(C)C1CCNC1. The van der Waals surface area contributed by atoms with Crippen molar-refractivity contribution >= 4 is 15.7 Å². The summed E-state index contributed by atoms with van der Waals surface area (Å²) in [6.45, 7) is 3.21. The van der Waals surface area contributed by atoms with Crippen molar-refractivity contribution in [2.45, 2.75) is 30.7 Å². The highest BCUT2D eigenvalue weighted by atomic mass is 32.2. The highest BCUT2D eigenvalue weighted by molar-refractivity contribution is 7.89. The molecule has 8 heteroatoms. The van der Waals surface area contributed by atoms with Crippen molar-refractivity contribution in [3.63, 3.8) is 0 Å². The second-order valence-electron chi connectivity index (χ2n) is 5.07. The van der Waals surface area contributed by atoms with Gasteiger partial charge in [-0.2, -0.15) is 4.31 Å². The number of sulfonamides is 1. The third kappa shape index (κ3) is 3.07. The van der Waals surface area contributed by atoms with Crippen molar-refractivity contribution in [2.75, 3.05) is 20.1 Å². The predicted octanol–water partition coefficient (Wildman–Crippen LogP) is 1.14. The summed E-state index contributed by atoms with van der Waals surface area (Å²) in [5.74, 6) is 0. The Labute approximate surface area is 124 Å². The summed E-state index contributed by atoms with van der Waals surface area (Å²) in [4.78, 5) is 10.4. The Balaban J connectivity index is 2.46. The zero-order chi connectivity index (χ0) is 15.6. The largest absolute Gasteiger partial charge is 0.315 e. The number of hydrogen-bond donors (Lipinski definition) is 1. The monoisotopic (exact) mass is 313 g/mol. The van der Waals surface area contributed by atoms with Crippen LogP contribution in [0.3, 0.4) is 0 Å². The minimum Gasteiger partial charge on any atom is -0.315 e. The van der Waals surface area contributed by atoms with Crippen molar-refractivity contribution in [1.29, 1.82) is 0 Å². The van der Waals surface area contributed by atoms with Gasteiger partial charge >= 0.3 is 0 Å². The summed E-state index contributed by atoms with van der Waals surface area (Å²) in [5.41, 5.74) is 0.391. The first-order valence-electron chi connectivity index (χ1n) is 6.84. The van der Waals surface area contributed by atoms with Crippen LogP contribution in [0.1, 0.15) is 18.9 Å². The Kier molecular flexibility index (Phi) is 4.60. The minimum atomic E-state index is -3.73. The van der Waals surface area contributed by atoms with Gasteiger partial charge in [0.05, 0.1) is 9.82 Å². The number of nitro groups is 1. The van der Waals surface area contributed by atoms with E-state index < -0.39 is 14.9 Å². The van der Waals surface area contributed by atoms with Crippen LogP contribution in [-0.2, 0) is 16.4 Å². The third-order valence-electron chi connectivity index (χ3n) is 3.85. The topological polar surface area (TPSA) is 92.5 Å². The molecule has 1 aromatic carbocycles. The molecule has 1 aliphatic heterocycles. The van der Waals surface area contributed by atoms with E-state index in [9.17, 15) is 18.5 Å². The van der Waals surface area contributed by atoms with E-state index in [0.29, 0.717) is 18.5 Å². The van der Waals surface area contributed by atoms with Crippen LogP contribution in [0.5, 0.6) is 0 Å². The Bertz CT molecular complexity index is 639. The predicted molar refractivity (Wildman–Crippen MR) is 78.7 cm³/mol. The van der Waals surface area contributed by atoms with Crippen molar-refractivity contribution < 1.29 is 13.3 Å². The number of hydrogen-bond acceptors (Lipinski definition) is 5. The number of likely N-dealkylation sites (N-methyl/N-ethyl adjacent to an activating group) is 1. The van der Waals surface area contributed by atoms with Crippen LogP contribution >= 0.6 is 0 Å². The van der Waals surface area contributed by atoms with Gasteiger partial charge in [-0.3, -0.25) is 10.1 Å². The molecule has 1 unspecified atom stereocenters. The molecule has 0 aliphatic carbocycles. The third-order valence-corrected chi connectivity index (χ3v) is 5.84. The Morgan fingerprint density at radius 3 is 2.71 bits per heavy atom. The van der Waals surface area contributed by atoms with Crippen LogP contribution in [0.15, 0.2) is 23.1 Å². The van der Waals surface area contributed by atoms with E-state index >= 15 is 0 Å². The van der Waals surface area contributed by atoms with Crippen LogP contribution in [0.4, 0.5) is 5.69 Å². The van der Waals surface area contributed by atoms with Crippen molar-refractivity contribution in [3.8, 4) is 0 Å². The number of non-ortho nitro benzene ring substituents is 1. The molecule has 0 amide bonds. The molecule has 116 valence electrons. The fraction of sp³-hybridized carbons (Fsp3) is 0.538. The maximum absolute atomic E-state index is 12.7. The Morgan fingerprint density at radius 2 is 2.19 bits per heavy atom. The molecule has 0 bridgehead atoms. The summed E-state index contributed by atoms with van der Waals surface area (Å²) >= 11 is 0. The van der Waals surface area contributed by atoms with Gasteiger partial charge in [0.1, 0.15) is 0 Å². The van der Waals surface area contributed by atoms with Gasteiger partial charge in [-0.1, -0.05) is 13.0 Å². The first kappa shape index (κ1) is 15.9. The van der Waals surface area contributed by atoms with E-state index in [1.165, 1.54) is 23.5 Å². The second kappa shape index (κ2) is 6.08. The molecular formula is C13H19N3O4S. The number of rotatable bonds is 5. The molecule has 0 spiro atoms. The second-order valence-corrected chi connectivity index (χ2v) is 7.04. The van der Waals surface area contributed by atoms with Gasteiger partial charge in [-0.25, -0.2) is 8.42 Å². The molecule has 1 fully saturated rings. The Hall–Kier alpha value is -1.51. The summed E-state index contributed by atoms with van der Waals surface area (Å²) < 4.78 is 26.8. The number of nitrogens with one attached hydrogen (secondary N) is 1. The maximum Gasteiger partial charge on any atom is 0.270 e. The van der Waals surface area contributed by atoms with Crippen LogP contribution in [0.2, 0.25) is 0 Å². The summed E-state index contributed by atoms with van der Waals surface area (Å²) in [6, 6.07) is 3.91. The molecule has 1 aliphatic rings. The Morgan fingerprint density at radius 1 is 1.48 bits per heavy atom. The van der Waals surface area contributed by atoms with Gasteiger partial charge in [0, 0.05) is 31.8 Å². The van der Waals surface area contributed by atoms with Crippen molar-refractivity contribution in [3.05, 3.63) is 33.9 Å². The smallest absolute Gasteiger partial charge is 0.270 e. The molecule has 1 saturated heterocycles. The average Bonchev–Trinajstić information content (AvgIpc) is 2.99. The van der Waals surface area contributed by atoms with E-state index in [0.717, 1.165) is 19.0 Å². The van der Waals surface area contributed by atoms with E-state index in [1.807, 2.05) is 6.92 Å². The molecule has 1 aromatic rings. The summed E-state index contributed by atoms with van der Waals surface area (Å²) in [5, 5.41) is 14.0. The first-order valence-corrected chi connectivity index (χ1v) is 8.28. The van der Waals surface area contributed by atoms with Gasteiger partial charge < -0.3 is 5.32 Å². The lowest BCUT2D eigenvalue weighted by atomic mass is 10.1.